The van der Waals surface area contributed by atoms with Crippen LogP contribution in [-0.2, 0) is 4.79 Å². The van der Waals surface area contributed by atoms with Crippen LogP contribution >= 0.6 is 23.2 Å². The summed E-state index contributed by atoms with van der Waals surface area (Å²) in [6, 6.07) is 11.3. The van der Waals surface area contributed by atoms with Crippen molar-refractivity contribution in [3.63, 3.8) is 0 Å². The largest absolute Gasteiger partial charge is 0.490 e. The van der Waals surface area contributed by atoms with Crippen molar-refractivity contribution in [2.75, 3.05) is 26.3 Å². The van der Waals surface area contributed by atoms with Gasteiger partial charge in [0.05, 0.1) is 25.2 Å². The second-order valence-electron chi connectivity index (χ2n) is 7.29. The Kier molecular flexibility index (Phi) is 7.87. The zero-order valence-electron chi connectivity index (χ0n) is 17.2. The molecule has 30 heavy (non-hydrogen) atoms. The van der Waals surface area contributed by atoms with Gasteiger partial charge in [-0.05, 0) is 75.2 Å². The van der Waals surface area contributed by atoms with E-state index < -0.39 is 5.97 Å². The summed E-state index contributed by atoms with van der Waals surface area (Å²) >= 11 is 12.7. The normalized spacial score (nSPS) is 16.3. The SMILES string of the molecule is CCOc1ccc(C(c2ccc(Cl)cc2Cl)N2CCC(C(=O)O)CC2)cc1OCC. The Morgan fingerprint density at radius 1 is 1.07 bits per heavy atom. The molecule has 0 bridgehead atoms. The highest BCUT2D eigenvalue weighted by atomic mass is 35.5. The van der Waals surface area contributed by atoms with Crippen molar-refractivity contribution in [1.29, 1.82) is 0 Å². The van der Waals surface area contributed by atoms with E-state index in [1.54, 1.807) is 6.07 Å². The Morgan fingerprint density at radius 3 is 2.33 bits per heavy atom. The molecule has 1 aliphatic heterocycles. The number of likely N-dealkylation sites (tertiary alicyclic amines) is 1. The maximum absolute atomic E-state index is 11.4. The number of hydrogen-bond donors (Lipinski definition) is 1. The van der Waals surface area contributed by atoms with Crippen LogP contribution < -0.4 is 9.47 Å². The number of nitrogens with zero attached hydrogens (tertiary/aromatic N) is 1. The zero-order valence-corrected chi connectivity index (χ0v) is 18.7. The number of rotatable bonds is 8. The molecule has 2 aromatic carbocycles. The lowest BCUT2D eigenvalue weighted by Gasteiger charge is -2.37. The number of aliphatic carboxylic acids is 1. The molecule has 1 aliphatic rings. The second kappa shape index (κ2) is 10.4. The first-order valence-electron chi connectivity index (χ1n) is 10.3. The number of piperidine rings is 1. The van der Waals surface area contributed by atoms with Gasteiger partial charge >= 0.3 is 5.97 Å². The lowest BCUT2D eigenvalue weighted by Crippen LogP contribution is -2.39. The molecular formula is C23H27Cl2NO4. The molecule has 0 radical (unpaired) electrons. The third-order valence-corrected chi connectivity index (χ3v) is 5.95. The quantitative estimate of drug-likeness (QED) is 0.559. The lowest BCUT2D eigenvalue weighted by atomic mass is 9.91. The van der Waals surface area contributed by atoms with Gasteiger partial charge < -0.3 is 14.6 Å². The minimum absolute atomic E-state index is 0.139. The third-order valence-electron chi connectivity index (χ3n) is 5.38. The Morgan fingerprint density at radius 2 is 1.73 bits per heavy atom. The number of carboxylic acids is 1. The van der Waals surface area contributed by atoms with Crippen LogP contribution in [-0.4, -0.2) is 42.3 Å². The van der Waals surface area contributed by atoms with Gasteiger partial charge in [0.15, 0.2) is 11.5 Å². The fourth-order valence-electron chi connectivity index (χ4n) is 3.95. The summed E-state index contributed by atoms with van der Waals surface area (Å²) in [5, 5.41) is 10.5. The van der Waals surface area contributed by atoms with E-state index in [9.17, 15) is 9.90 Å². The van der Waals surface area contributed by atoms with Gasteiger partial charge in [0.2, 0.25) is 0 Å². The Balaban J connectivity index is 2.01. The summed E-state index contributed by atoms with van der Waals surface area (Å²) in [6.45, 7) is 6.28. The van der Waals surface area contributed by atoms with E-state index in [2.05, 4.69) is 4.90 Å². The van der Waals surface area contributed by atoms with Crippen molar-refractivity contribution in [3.05, 3.63) is 57.6 Å². The third kappa shape index (κ3) is 5.20. The topological polar surface area (TPSA) is 59.0 Å². The molecule has 2 aromatic rings. The maximum Gasteiger partial charge on any atom is 0.306 e. The molecule has 1 N–H and O–H groups in total. The molecule has 0 aliphatic carbocycles. The summed E-state index contributed by atoms with van der Waals surface area (Å²) in [6.07, 6.45) is 1.21. The van der Waals surface area contributed by atoms with Crippen molar-refractivity contribution in [2.24, 2.45) is 5.92 Å². The molecule has 1 saturated heterocycles. The first kappa shape index (κ1) is 22.7. The van der Waals surface area contributed by atoms with E-state index in [1.165, 1.54) is 0 Å². The van der Waals surface area contributed by atoms with Gasteiger partial charge in [-0.3, -0.25) is 9.69 Å². The van der Waals surface area contributed by atoms with E-state index in [-0.39, 0.29) is 12.0 Å². The molecule has 0 saturated carbocycles. The van der Waals surface area contributed by atoms with E-state index in [1.807, 2.05) is 44.2 Å². The minimum atomic E-state index is -0.726. The molecule has 162 valence electrons. The molecule has 1 atom stereocenters. The number of benzene rings is 2. The minimum Gasteiger partial charge on any atom is -0.490 e. The molecular weight excluding hydrogens is 425 g/mol. The lowest BCUT2D eigenvalue weighted by molar-refractivity contribution is -0.143. The molecule has 5 nitrogen and oxygen atoms in total. The van der Waals surface area contributed by atoms with Gasteiger partial charge in [0.1, 0.15) is 0 Å². The predicted octanol–water partition coefficient (Wildman–Crippen LogP) is 5.68. The van der Waals surface area contributed by atoms with Crippen LogP contribution in [0.25, 0.3) is 0 Å². The first-order chi connectivity index (χ1) is 14.4. The number of carbonyl (C=O) groups is 1. The van der Waals surface area contributed by atoms with Crippen molar-refractivity contribution in [1.82, 2.24) is 4.90 Å². The molecule has 3 rings (SSSR count). The highest BCUT2D eigenvalue weighted by molar-refractivity contribution is 6.35. The monoisotopic (exact) mass is 451 g/mol. The molecule has 1 unspecified atom stereocenters. The van der Waals surface area contributed by atoms with Crippen molar-refractivity contribution >= 4 is 29.2 Å². The number of halogens is 2. The van der Waals surface area contributed by atoms with E-state index in [4.69, 9.17) is 32.7 Å². The van der Waals surface area contributed by atoms with Crippen LogP contribution in [0.4, 0.5) is 0 Å². The summed E-state index contributed by atoms with van der Waals surface area (Å²) in [5.74, 6) is 0.360. The van der Waals surface area contributed by atoms with Gasteiger partial charge in [-0.25, -0.2) is 0 Å². The van der Waals surface area contributed by atoms with Crippen molar-refractivity contribution in [2.45, 2.75) is 32.7 Å². The fourth-order valence-corrected chi connectivity index (χ4v) is 4.46. The average molecular weight is 452 g/mol. The van der Waals surface area contributed by atoms with Crippen molar-refractivity contribution in [3.8, 4) is 11.5 Å². The van der Waals surface area contributed by atoms with Gasteiger partial charge in [-0.15, -0.1) is 0 Å². The van der Waals surface area contributed by atoms with Crippen LogP contribution in [0.5, 0.6) is 11.5 Å². The van der Waals surface area contributed by atoms with Crippen LogP contribution in [0, 0.1) is 5.92 Å². The fraction of sp³-hybridized carbons (Fsp3) is 0.435. The smallest absolute Gasteiger partial charge is 0.306 e. The van der Waals surface area contributed by atoms with Gasteiger partial charge in [0.25, 0.3) is 0 Å². The van der Waals surface area contributed by atoms with Crippen LogP contribution in [0.1, 0.15) is 43.9 Å². The maximum atomic E-state index is 11.4. The Bertz CT molecular complexity index is 882. The van der Waals surface area contributed by atoms with Crippen LogP contribution in [0.15, 0.2) is 36.4 Å². The van der Waals surface area contributed by atoms with E-state index >= 15 is 0 Å². The number of hydrogen-bond acceptors (Lipinski definition) is 4. The molecule has 0 amide bonds. The predicted molar refractivity (Wildman–Crippen MR) is 119 cm³/mol. The molecule has 1 fully saturated rings. The Labute approximate surface area is 187 Å². The summed E-state index contributed by atoms with van der Waals surface area (Å²) in [5.41, 5.74) is 1.95. The highest BCUT2D eigenvalue weighted by Crippen LogP contribution is 2.40. The van der Waals surface area contributed by atoms with Crippen LogP contribution in [0.3, 0.4) is 0 Å². The average Bonchev–Trinajstić information content (AvgIpc) is 2.72. The first-order valence-corrected chi connectivity index (χ1v) is 11.0. The number of carboxylic acid groups (broad SMARTS) is 1. The van der Waals surface area contributed by atoms with Gasteiger partial charge in [0, 0.05) is 10.0 Å². The van der Waals surface area contributed by atoms with E-state index in [0.29, 0.717) is 60.7 Å². The standard InChI is InChI=1S/C23H27Cl2NO4/c1-3-29-20-8-5-16(13-21(20)30-4-2)22(18-7-6-17(24)14-19(18)25)26-11-9-15(10-12-26)23(27)28/h5-8,13-15,22H,3-4,9-12H2,1-2H3,(H,27,28). The zero-order chi connectivity index (χ0) is 21.7. The van der Waals surface area contributed by atoms with E-state index in [0.717, 1.165) is 11.1 Å². The molecule has 1 heterocycles. The number of ether oxygens (including phenoxy) is 2. The van der Waals surface area contributed by atoms with Crippen LogP contribution in [0.2, 0.25) is 10.0 Å². The molecule has 7 heteroatoms. The van der Waals surface area contributed by atoms with Gasteiger partial charge in [-0.1, -0.05) is 35.3 Å². The highest BCUT2D eigenvalue weighted by Gasteiger charge is 2.31. The molecule has 0 aromatic heterocycles. The van der Waals surface area contributed by atoms with Gasteiger partial charge in [-0.2, -0.15) is 0 Å². The summed E-state index contributed by atoms with van der Waals surface area (Å²) in [4.78, 5) is 13.7. The molecule has 0 spiro atoms. The Hall–Kier alpha value is -1.95. The summed E-state index contributed by atoms with van der Waals surface area (Å²) < 4.78 is 11.5. The summed E-state index contributed by atoms with van der Waals surface area (Å²) in [7, 11) is 0. The van der Waals surface area contributed by atoms with Crippen molar-refractivity contribution < 1.29 is 19.4 Å². The second-order valence-corrected chi connectivity index (χ2v) is 8.13.